The van der Waals surface area contributed by atoms with Crippen molar-refractivity contribution in [2.45, 2.75) is 32.6 Å². The van der Waals surface area contributed by atoms with Gasteiger partial charge in [0.1, 0.15) is 6.11 Å². The van der Waals surface area contributed by atoms with E-state index >= 15 is 0 Å². The highest BCUT2D eigenvalue weighted by atomic mass is 16.5. The summed E-state index contributed by atoms with van der Waals surface area (Å²) in [4.78, 5) is 10.6. The Kier molecular flexibility index (Phi) is 5.56. The third kappa shape index (κ3) is 5.17. The maximum Gasteiger partial charge on any atom is 0.319 e. The molecule has 0 heterocycles. The molecule has 0 radical (unpaired) electrons. The van der Waals surface area contributed by atoms with Crippen molar-refractivity contribution in [2.24, 2.45) is 0 Å². The Morgan fingerprint density at radius 3 is 2.80 bits per heavy atom. The van der Waals surface area contributed by atoms with Crippen LogP contribution in [0.3, 0.4) is 0 Å². The number of ether oxygens (including phenoxy) is 1. The van der Waals surface area contributed by atoms with E-state index in [4.69, 9.17) is 6.42 Å². The van der Waals surface area contributed by atoms with Crippen LogP contribution in [0.1, 0.15) is 32.6 Å². The summed E-state index contributed by atoms with van der Waals surface area (Å²) in [5, 5.41) is 0. The molecule has 0 atom stereocenters. The van der Waals surface area contributed by atoms with Gasteiger partial charge in [-0.15, -0.1) is 0 Å². The molecule has 0 N–H and O–H groups in total. The van der Waals surface area contributed by atoms with Crippen LogP contribution in [-0.4, -0.2) is 5.97 Å². The van der Waals surface area contributed by atoms with Gasteiger partial charge in [-0.3, -0.25) is 4.79 Å². The minimum Gasteiger partial charge on any atom is -0.372 e. The van der Waals surface area contributed by atoms with Crippen LogP contribution in [-0.2, 0) is 9.53 Å². The molecule has 0 aliphatic carbocycles. The Morgan fingerprint density at radius 2 is 2.30 bits per heavy atom. The number of rotatable bonds is 4. The average Bonchev–Trinajstić information content (AvgIpc) is 1.89. The van der Waals surface area contributed by atoms with Crippen molar-refractivity contribution in [3.63, 3.8) is 0 Å². The zero-order chi connectivity index (χ0) is 7.82. The van der Waals surface area contributed by atoms with Gasteiger partial charge in [0.05, 0.1) is 0 Å². The summed E-state index contributed by atoms with van der Waals surface area (Å²) >= 11 is 0. The first-order valence-electron chi connectivity index (χ1n) is 3.46. The van der Waals surface area contributed by atoms with Gasteiger partial charge in [0.15, 0.2) is 0 Å². The molecule has 0 saturated carbocycles. The van der Waals surface area contributed by atoms with Crippen LogP contribution in [0.5, 0.6) is 0 Å². The first-order chi connectivity index (χ1) is 4.81. The van der Waals surface area contributed by atoms with Crippen molar-refractivity contribution in [1.82, 2.24) is 0 Å². The molecule has 0 spiro atoms. The molecule has 10 heavy (non-hydrogen) atoms. The van der Waals surface area contributed by atoms with E-state index in [1.165, 1.54) is 0 Å². The number of terminal acetylenes is 1. The fraction of sp³-hybridized carbons (Fsp3) is 0.625. The molecule has 0 aliphatic rings. The van der Waals surface area contributed by atoms with Crippen molar-refractivity contribution in [1.29, 1.82) is 0 Å². The lowest BCUT2D eigenvalue weighted by Crippen LogP contribution is -1.98. The number of esters is 1. The zero-order valence-electron chi connectivity index (χ0n) is 6.22. The summed E-state index contributed by atoms with van der Waals surface area (Å²) in [6, 6.07) is 0. The van der Waals surface area contributed by atoms with Gasteiger partial charge in [0, 0.05) is 6.42 Å². The molecule has 0 aromatic carbocycles. The number of carbonyl (C=O) groups is 1. The van der Waals surface area contributed by atoms with Crippen molar-refractivity contribution in [2.75, 3.05) is 0 Å². The van der Waals surface area contributed by atoms with Crippen molar-refractivity contribution in [3.05, 3.63) is 0 Å². The monoisotopic (exact) mass is 140 g/mol. The van der Waals surface area contributed by atoms with E-state index in [1.54, 1.807) is 0 Å². The van der Waals surface area contributed by atoms with Crippen LogP contribution in [0.4, 0.5) is 0 Å². The minimum absolute atomic E-state index is 0.295. The molecule has 0 bridgehead atoms. The van der Waals surface area contributed by atoms with Gasteiger partial charge in [-0.05, 0) is 6.42 Å². The lowest BCUT2D eigenvalue weighted by molar-refractivity contribution is -0.136. The number of carbonyl (C=O) groups excluding carboxylic acids is 1. The summed E-state index contributed by atoms with van der Waals surface area (Å²) in [7, 11) is 0. The molecule has 0 saturated heterocycles. The van der Waals surface area contributed by atoms with Crippen LogP contribution < -0.4 is 0 Å². The fourth-order valence-electron chi connectivity index (χ4n) is 0.636. The standard InChI is InChI=1S/C8H12O2/c1-3-5-6-7-8(9)10-4-2/h2H,3,5-7H2,1H3. The van der Waals surface area contributed by atoms with Gasteiger partial charge < -0.3 is 4.74 Å². The Hall–Kier alpha value is -0.970. The van der Waals surface area contributed by atoms with Gasteiger partial charge in [-0.2, -0.15) is 0 Å². The number of unbranched alkanes of at least 4 members (excludes halogenated alkanes) is 2. The van der Waals surface area contributed by atoms with Crippen molar-refractivity contribution in [3.8, 4) is 12.5 Å². The first-order valence-corrected chi connectivity index (χ1v) is 3.46. The molecule has 0 aromatic rings. The maximum absolute atomic E-state index is 10.6. The summed E-state index contributed by atoms with van der Waals surface area (Å²) in [5.74, 6) is -0.295. The highest BCUT2D eigenvalue weighted by Crippen LogP contribution is 1.99. The SMILES string of the molecule is C#COC(=O)CCCCC. The highest BCUT2D eigenvalue weighted by Gasteiger charge is 1.98. The molecule has 0 aromatic heterocycles. The van der Waals surface area contributed by atoms with Crippen LogP contribution in [0.15, 0.2) is 0 Å². The molecule has 0 unspecified atom stereocenters. The first kappa shape index (κ1) is 9.03. The van der Waals surface area contributed by atoms with E-state index in [0.29, 0.717) is 6.42 Å². The van der Waals surface area contributed by atoms with Crippen LogP contribution in [0, 0.1) is 12.5 Å². The number of hydrogen-bond acceptors (Lipinski definition) is 2. The second kappa shape index (κ2) is 6.15. The zero-order valence-corrected chi connectivity index (χ0v) is 6.22. The van der Waals surface area contributed by atoms with E-state index in [2.05, 4.69) is 11.7 Å². The molecule has 0 rings (SSSR count). The molecular formula is C8H12O2. The molecule has 56 valence electrons. The van der Waals surface area contributed by atoms with Crippen LogP contribution in [0.2, 0.25) is 0 Å². The molecule has 0 amide bonds. The van der Waals surface area contributed by atoms with E-state index in [9.17, 15) is 4.79 Å². The average molecular weight is 140 g/mol. The van der Waals surface area contributed by atoms with Crippen molar-refractivity contribution >= 4 is 5.97 Å². The second-order valence-corrected chi connectivity index (χ2v) is 2.05. The summed E-state index contributed by atoms with van der Waals surface area (Å²) in [6.07, 6.45) is 10.1. The van der Waals surface area contributed by atoms with E-state index in [-0.39, 0.29) is 5.97 Å². The van der Waals surface area contributed by atoms with Gasteiger partial charge in [0.2, 0.25) is 0 Å². The molecule has 2 nitrogen and oxygen atoms in total. The quantitative estimate of drug-likeness (QED) is 0.337. The van der Waals surface area contributed by atoms with Gasteiger partial charge >= 0.3 is 5.97 Å². The van der Waals surface area contributed by atoms with Gasteiger partial charge in [-0.25, -0.2) is 0 Å². The highest BCUT2D eigenvalue weighted by molar-refractivity contribution is 5.70. The normalized spacial score (nSPS) is 8.40. The molecule has 0 aliphatic heterocycles. The topological polar surface area (TPSA) is 26.3 Å². The third-order valence-corrected chi connectivity index (χ3v) is 1.16. The van der Waals surface area contributed by atoms with E-state index < -0.39 is 0 Å². The maximum atomic E-state index is 10.6. The van der Waals surface area contributed by atoms with E-state index in [1.807, 2.05) is 6.11 Å². The predicted octanol–water partition coefficient (Wildman–Crippen LogP) is 1.70. The molecule has 2 heteroatoms. The Balaban J connectivity index is 3.15. The Morgan fingerprint density at radius 1 is 1.60 bits per heavy atom. The third-order valence-electron chi connectivity index (χ3n) is 1.16. The Bertz CT molecular complexity index is 133. The number of hydrogen-bond donors (Lipinski definition) is 0. The smallest absolute Gasteiger partial charge is 0.319 e. The summed E-state index contributed by atoms with van der Waals surface area (Å²) < 4.78 is 4.28. The van der Waals surface area contributed by atoms with E-state index in [0.717, 1.165) is 19.3 Å². The van der Waals surface area contributed by atoms with Gasteiger partial charge in [-0.1, -0.05) is 26.2 Å². The van der Waals surface area contributed by atoms with Gasteiger partial charge in [0.25, 0.3) is 0 Å². The largest absolute Gasteiger partial charge is 0.372 e. The van der Waals surface area contributed by atoms with Crippen molar-refractivity contribution < 1.29 is 9.53 Å². The molecular weight excluding hydrogens is 128 g/mol. The lowest BCUT2D eigenvalue weighted by atomic mass is 10.2. The van der Waals surface area contributed by atoms with Crippen LogP contribution >= 0.6 is 0 Å². The Labute approximate surface area is 61.6 Å². The second-order valence-electron chi connectivity index (χ2n) is 2.05. The van der Waals surface area contributed by atoms with Crippen LogP contribution in [0.25, 0.3) is 0 Å². The fourth-order valence-corrected chi connectivity index (χ4v) is 0.636. The molecule has 0 fully saturated rings. The predicted molar refractivity (Wildman–Crippen MR) is 39.1 cm³/mol. The lowest BCUT2D eigenvalue weighted by Gasteiger charge is -1.94. The summed E-state index contributed by atoms with van der Waals surface area (Å²) in [5.41, 5.74) is 0. The minimum atomic E-state index is -0.295. The summed E-state index contributed by atoms with van der Waals surface area (Å²) in [6.45, 7) is 2.08.